The first-order valence-electron chi connectivity index (χ1n) is 5.83. The van der Waals surface area contributed by atoms with E-state index >= 15 is 0 Å². The Bertz CT molecular complexity index is 574. The molecule has 2 N–H and O–H groups in total. The highest BCUT2D eigenvalue weighted by Crippen LogP contribution is 2.29. The summed E-state index contributed by atoms with van der Waals surface area (Å²) < 4.78 is 0. The number of fused-ring (bicyclic) bond motifs is 1. The molecule has 86 valence electrons. The molecule has 0 aliphatic carbocycles. The zero-order valence-corrected chi connectivity index (χ0v) is 9.40. The maximum absolute atomic E-state index is 8.91. The molecule has 0 amide bonds. The standard InChI is InChI=1S/C12H13N5/c13-6-8-5-10-11(9-1-3-14-4-2-9)16-17-12(10)15-7-8/h5,7,9,14H,1-4H2,(H,15,16,17). The Labute approximate surface area is 98.9 Å². The summed E-state index contributed by atoms with van der Waals surface area (Å²) in [6.07, 6.45) is 3.78. The van der Waals surface area contributed by atoms with Crippen molar-refractivity contribution < 1.29 is 0 Å². The van der Waals surface area contributed by atoms with E-state index in [1.165, 1.54) is 0 Å². The number of hydrogen-bond donors (Lipinski definition) is 2. The van der Waals surface area contributed by atoms with Gasteiger partial charge < -0.3 is 5.32 Å². The molecule has 0 radical (unpaired) electrons. The normalized spacial score (nSPS) is 17.1. The van der Waals surface area contributed by atoms with Gasteiger partial charge >= 0.3 is 0 Å². The van der Waals surface area contributed by atoms with Gasteiger partial charge in [-0.15, -0.1) is 0 Å². The number of piperidine rings is 1. The molecule has 0 aromatic carbocycles. The van der Waals surface area contributed by atoms with Crippen LogP contribution in [0.2, 0.25) is 0 Å². The average molecular weight is 227 g/mol. The predicted molar refractivity (Wildman–Crippen MR) is 63.4 cm³/mol. The van der Waals surface area contributed by atoms with Crippen molar-refractivity contribution in [3.63, 3.8) is 0 Å². The lowest BCUT2D eigenvalue weighted by Gasteiger charge is -2.21. The molecule has 0 spiro atoms. The quantitative estimate of drug-likeness (QED) is 0.769. The number of nitrogens with one attached hydrogen (secondary N) is 2. The monoisotopic (exact) mass is 227 g/mol. The highest BCUT2D eigenvalue weighted by Gasteiger charge is 2.20. The van der Waals surface area contributed by atoms with E-state index in [9.17, 15) is 0 Å². The van der Waals surface area contributed by atoms with Gasteiger partial charge in [-0.05, 0) is 32.0 Å². The number of nitrogens with zero attached hydrogens (tertiary/aromatic N) is 3. The number of aromatic nitrogens is 3. The molecule has 1 fully saturated rings. The van der Waals surface area contributed by atoms with Crippen molar-refractivity contribution in [3.8, 4) is 6.07 Å². The molecule has 2 aromatic rings. The van der Waals surface area contributed by atoms with E-state index in [2.05, 4.69) is 26.6 Å². The van der Waals surface area contributed by atoms with E-state index in [0.717, 1.165) is 37.0 Å². The summed E-state index contributed by atoms with van der Waals surface area (Å²) in [5, 5.41) is 20.5. The molecule has 1 aliphatic heterocycles. The number of nitriles is 1. The van der Waals surface area contributed by atoms with Crippen molar-refractivity contribution in [2.75, 3.05) is 13.1 Å². The third kappa shape index (κ3) is 1.77. The van der Waals surface area contributed by atoms with E-state index < -0.39 is 0 Å². The van der Waals surface area contributed by atoms with Gasteiger partial charge in [0.1, 0.15) is 6.07 Å². The summed E-state index contributed by atoms with van der Waals surface area (Å²) in [6, 6.07) is 4.00. The minimum absolute atomic E-state index is 0.497. The van der Waals surface area contributed by atoms with Crippen molar-refractivity contribution in [2.45, 2.75) is 18.8 Å². The van der Waals surface area contributed by atoms with Crippen LogP contribution in [0.5, 0.6) is 0 Å². The largest absolute Gasteiger partial charge is 0.317 e. The fraction of sp³-hybridized carbons (Fsp3) is 0.417. The molecule has 3 rings (SSSR count). The Kier molecular flexibility index (Phi) is 2.50. The number of H-pyrrole nitrogens is 1. The second-order valence-electron chi connectivity index (χ2n) is 4.37. The summed E-state index contributed by atoms with van der Waals surface area (Å²) in [6.45, 7) is 2.08. The van der Waals surface area contributed by atoms with Gasteiger partial charge in [0.2, 0.25) is 0 Å². The molecule has 1 aliphatic rings. The van der Waals surface area contributed by atoms with Crippen molar-refractivity contribution in [1.29, 1.82) is 5.26 Å². The molecule has 0 saturated carbocycles. The van der Waals surface area contributed by atoms with Crippen LogP contribution >= 0.6 is 0 Å². The van der Waals surface area contributed by atoms with Gasteiger partial charge in [-0.3, -0.25) is 5.10 Å². The van der Waals surface area contributed by atoms with Crippen LogP contribution in [0, 0.1) is 11.3 Å². The first kappa shape index (κ1) is 10.2. The van der Waals surface area contributed by atoms with Crippen molar-refractivity contribution >= 4 is 11.0 Å². The second-order valence-corrected chi connectivity index (χ2v) is 4.37. The minimum atomic E-state index is 0.497. The summed E-state index contributed by atoms with van der Waals surface area (Å²) >= 11 is 0. The van der Waals surface area contributed by atoms with Crippen LogP contribution < -0.4 is 5.32 Å². The zero-order valence-electron chi connectivity index (χ0n) is 9.40. The van der Waals surface area contributed by atoms with Gasteiger partial charge in [0.05, 0.1) is 5.56 Å². The van der Waals surface area contributed by atoms with E-state index in [1.807, 2.05) is 6.07 Å². The molecule has 0 bridgehead atoms. The Morgan fingerprint density at radius 1 is 1.35 bits per heavy atom. The fourth-order valence-electron chi connectivity index (χ4n) is 2.40. The van der Waals surface area contributed by atoms with Gasteiger partial charge in [-0.2, -0.15) is 10.4 Å². The molecule has 2 aromatic heterocycles. The summed E-state index contributed by atoms with van der Waals surface area (Å²) in [4.78, 5) is 4.19. The van der Waals surface area contributed by atoms with Crippen molar-refractivity contribution in [2.24, 2.45) is 0 Å². The fourth-order valence-corrected chi connectivity index (χ4v) is 2.40. The van der Waals surface area contributed by atoms with Crippen molar-refractivity contribution in [3.05, 3.63) is 23.5 Å². The molecule has 0 unspecified atom stereocenters. The lowest BCUT2D eigenvalue weighted by Crippen LogP contribution is -2.26. The first-order chi connectivity index (χ1) is 8.38. The first-order valence-corrected chi connectivity index (χ1v) is 5.83. The van der Waals surface area contributed by atoms with Crippen LogP contribution in [0.15, 0.2) is 12.3 Å². The molecular weight excluding hydrogens is 214 g/mol. The summed E-state index contributed by atoms with van der Waals surface area (Å²) in [5.41, 5.74) is 2.43. The third-order valence-electron chi connectivity index (χ3n) is 3.32. The van der Waals surface area contributed by atoms with E-state index in [0.29, 0.717) is 17.1 Å². The van der Waals surface area contributed by atoms with Crippen LogP contribution in [-0.2, 0) is 0 Å². The molecular formula is C12H13N5. The number of aromatic amines is 1. The number of hydrogen-bond acceptors (Lipinski definition) is 4. The van der Waals surface area contributed by atoms with Crippen LogP contribution in [0.4, 0.5) is 0 Å². The summed E-state index contributed by atoms with van der Waals surface area (Å²) in [7, 11) is 0. The molecule has 5 heteroatoms. The van der Waals surface area contributed by atoms with E-state index in [4.69, 9.17) is 5.26 Å². The topological polar surface area (TPSA) is 77.4 Å². The average Bonchev–Trinajstić information content (AvgIpc) is 2.82. The van der Waals surface area contributed by atoms with Gasteiger partial charge in [-0.1, -0.05) is 0 Å². The Morgan fingerprint density at radius 2 is 2.18 bits per heavy atom. The molecule has 3 heterocycles. The van der Waals surface area contributed by atoms with Crippen LogP contribution in [-0.4, -0.2) is 28.3 Å². The Hall–Kier alpha value is -1.93. The maximum atomic E-state index is 8.91. The highest BCUT2D eigenvalue weighted by atomic mass is 15.1. The molecule has 17 heavy (non-hydrogen) atoms. The van der Waals surface area contributed by atoms with Crippen LogP contribution in [0.25, 0.3) is 11.0 Å². The minimum Gasteiger partial charge on any atom is -0.317 e. The van der Waals surface area contributed by atoms with E-state index in [1.54, 1.807) is 6.20 Å². The van der Waals surface area contributed by atoms with Crippen molar-refractivity contribution in [1.82, 2.24) is 20.5 Å². The zero-order chi connectivity index (χ0) is 11.7. The maximum Gasteiger partial charge on any atom is 0.181 e. The Balaban J connectivity index is 2.06. The predicted octanol–water partition coefficient (Wildman–Crippen LogP) is 1.30. The lowest BCUT2D eigenvalue weighted by molar-refractivity contribution is 0.454. The lowest BCUT2D eigenvalue weighted by atomic mass is 9.93. The Morgan fingerprint density at radius 3 is 2.94 bits per heavy atom. The number of rotatable bonds is 1. The molecule has 5 nitrogen and oxygen atoms in total. The van der Waals surface area contributed by atoms with Gasteiger partial charge in [0.25, 0.3) is 0 Å². The van der Waals surface area contributed by atoms with Crippen LogP contribution in [0.1, 0.15) is 30.0 Å². The SMILES string of the molecule is N#Cc1cnc2n[nH]c(C3CCNCC3)c2c1. The second kappa shape index (κ2) is 4.15. The van der Waals surface area contributed by atoms with Crippen LogP contribution in [0.3, 0.4) is 0 Å². The van der Waals surface area contributed by atoms with Gasteiger partial charge in [0.15, 0.2) is 5.65 Å². The molecule has 1 saturated heterocycles. The van der Waals surface area contributed by atoms with Gasteiger partial charge in [0, 0.05) is 23.2 Å². The third-order valence-corrected chi connectivity index (χ3v) is 3.32. The van der Waals surface area contributed by atoms with Gasteiger partial charge in [-0.25, -0.2) is 4.98 Å². The number of pyridine rings is 1. The highest BCUT2D eigenvalue weighted by molar-refractivity contribution is 5.79. The molecule has 0 atom stereocenters. The smallest absolute Gasteiger partial charge is 0.181 e. The summed E-state index contributed by atoms with van der Waals surface area (Å²) in [5.74, 6) is 0.497. The van der Waals surface area contributed by atoms with E-state index in [-0.39, 0.29) is 0 Å².